The molecule has 0 saturated heterocycles. The largest absolute Gasteiger partial charge is 0.493 e. The Morgan fingerprint density at radius 3 is 2.62 bits per heavy atom. The number of hydrogen-bond donors (Lipinski definition) is 1. The highest BCUT2D eigenvalue weighted by atomic mass is 16.5. The van der Waals surface area contributed by atoms with Gasteiger partial charge in [0.15, 0.2) is 11.5 Å². The number of anilines is 1. The summed E-state index contributed by atoms with van der Waals surface area (Å²) in [6, 6.07) is 12.9. The molecule has 5 heteroatoms. The Morgan fingerprint density at radius 2 is 2.00 bits per heavy atom. The number of para-hydroxylation sites is 1. The molecule has 1 N–H and O–H groups in total. The fraction of sp³-hybridized carbons (Fsp3) is 0.167. The first kappa shape index (κ1) is 21.5. The third kappa shape index (κ3) is 5.60. The molecule has 0 radical (unpaired) electrons. The number of nitriles is 1. The van der Waals surface area contributed by atoms with E-state index in [4.69, 9.17) is 9.47 Å². The van der Waals surface area contributed by atoms with Gasteiger partial charge in [-0.3, -0.25) is 4.79 Å². The molecular weight excluding hydrogens is 364 g/mol. The minimum Gasteiger partial charge on any atom is -0.493 e. The minimum absolute atomic E-state index is 0.0142. The van der Waals surface area contributed by atoms with Gasteiger partial charge in [-0.25, -0.2) is 0 Å². The van der Waals surface area contributed by atoms with Crippen molar-refractivity contribution in [3.05, 3.63) is 84.0 Å². The predicted octanol–water partition coefficient (Wildman–Crippen LogP) is 4.84. The number of nitrogens with one attached hydrogen (secondary N) is 1. The van der Waals surface area contributed by atoms with E-state index < -0.39 is 5.91 Å². The Kier molecular flexibility index (Phi) is 7.81. The lowest BCUT2D eigenvalue weighted by Gasteiger charge is -2.15. The van der Waals surface area contributed by atoms with E-state index in [-0.39, 0.29) is 5.57 Å². The first-order chi connectivity index (χ1) is 14.0. The third-order valence-electron chi connectivity index (χ3n) is 4.15. The zero-order valence-corrected chi connectivity index (χ0v) is 16.7. The Hall–Kier alpha value is -3.78. The standard InChI is InChI=1S/C24H24N2O3/c1-5-9-19-13-18(15-22(28-4)23(19)29-12-6-2)14-20(16-25)24(27)26-21-11-8-7-10-17(21)3/h5-8,10-11,13-15H,1-2,9,12H2,3-4H3,(H,26,27)/b20-14+. The lowest BCUT2D eigenvalue weighted by molar-refractivity contribution is -0.112. The molecule has 0 atom stereocenters. The Morgan fingerprint density at radius 1 is 1.24 bits per heavy atom. The molecule has 148 valence electrons. The fourth-order valence-electron chi connectivity index (χ4n) is 2.75. The monoisotopic (exact) mass is 388 g/mol. The summed E-state index contributed by atoms with van der Waals surface area (Å²) >= 11 is 0. The van der Waals surface area contributed by atoms with Crippen molar-refractivity contribution in [3.63, 3.8) is 0 Å². The van der Waals surface area contributed by atoms with Gasteiger partial charge in [0.2, 0.25) is 0 Å². The van der Waals surface area contributed by atoms with E-state index in [9.17, 15) is 10.1 Å². The number of methoxy groups -OCH3 is 1. The number of carbonyl (C=O) groups is 1. The molecule has 2 rings (SSSR count). The number of allylic oxidation sites excluding steroid dienone is 1. The maximum atomic E-state index is 12.6. The number of nitrogens with zero attached hydrogens (tertiary/aromatic N) is 1. The number of rotatable bonds is 9. The number of carbonyl (C=O) groups excluding carboxylic acids is 1. The summed E-state index contributed by atoms with van der Waals surface area (Å²) in [7, 11) is 1.54. The number of amides is 1. The Labute approximate surface area is 171 Å². The molecule has 2 aromatic carbocycles. The molecule has 0 aliphatic carbocycles. The van der Waals surface area contributed by atoms with Crippen LogP contribution in [0.1, 0.15) is 16.7 Å². The summed E-state index contributed by atoms with van der Waals surface area (Å²) in [4.78, 5) is 12.6. The van der Waals surface area contributed by atoms with Gasteiger partial charge in [-0.15, -0.1) is 6.58 Å². The van der Waals surface area contributed by atoms with Crippen LogP contribution in [0.4, 0.5) is 5.69 Å². The van der Waals surface area contributed by atoms with Gasteiger partial charge < -0.3 is 14.8 Å². The van der Waals surface area contributed by atoms with Gasteiger partial charge in [0.25, 0.3) is 5.91 Å². The second-order valence-corrected chi connectivity index (χ2v) is 6.24. The molecule has 0 saturated carbocycles. The lowest BCUT2D eigenvalue weighted by Crippen LogP contribution is -2.14. The van der Waals surface area contributed by atoms with Gasteiger partial charge >= 0.3 is 0 Å². The van der Waals surface area contributed by atoms with Gasteiger partial charge in [0.05, 0.1) is 7.11 Å². The zero-order chi connectivity index (χ0) is 21.2. The van der Waals surface area contributed by atoms with E-state index in [0.29, 0.717) is 35.8 Å². The molecule has 0 bridgehead atoms. The number of hydrogen-bond acceptors (Lipinski definition) is 4. The van der Waals surface area contributed by atoms with Gasteiger partial charge in [-0.2, -0.15) is 5.26 Å². The summed E-state index contributed by atoms with van der Waals surface area (Å²) in [5, 5.41) is 12.3. The minimum atomic E-state index is -0.474. The van der Waals surface area contributed by atoms with Crippen LogP contribution in [0.25, 0.3) is 6.08 Å². The fourth-order valence-corrected chi connectivity index (χ4v) is 2.75. The van der Waals surface area contributed by atoms with E-state index in [2.05, 4.69) is 18.5 Å². The summed E-state index contributed by atoms with van der Waals surface area (Å²) < 4.78 is 11.2. The molecule has 5 nitrogen and oxygen atoms in total. The van der Waals surface area contributed by atoms with Crippen LogP contribution in [0.5, 0.6) is 11.5 Å². The maximum absolute atomic E-state index is 12.6. The molecule has 0 aromatic heterocycles. The highest BCUT2D eigenvalue weighted by Crippen LogP contribution is 2.34. The van der Waals surface area contributed by atoms with E-state index in [0.717, 1.165) is 11.1 Å². The molecule has 1 amide bonds. The molecule has 0 aliphatic heterocycles. The van der Waals surface area contributed by atoms with Crippen LogP contribution < -0.4 is 14.8 Å². The first-order valence-corrected chi connectivity index (χ1v) is 9.08. The van der Waals surface area contributed by atoms with Crippen LogP contribution in [0.15, 0.2) is 67.3 Å². The van der Waals surface area contributed by atoms with Crippen molar-refractivity contribution in [2.45, 2.75) is 13.3 Å². The summed E-state index contributed by atoms with van der Waals surface area (Å²) in [5.41, 5.74) is 3.05. The topological polar surface area (TPSA) is 71.3 Å². The first-order valence-electron chi connectivity index (χ1n) is 9.08. The number of ether oxygens (including phenoxy) is 2. The summed E-state index contributed by atoms with van der Waals surface area (Å²) in [5.74, 6) is 0.624. The number of aryl methyl sites for hydroxylation is 1. The van der Waals surface area contributed by atoms with Crippen LogP contribution in [-0.4, -0.2) is 19.6 Å². The Bertz CT molecular complexity index is 984. The molecule has 0 unspecified atom stereocenters. The van der Waals surface area contributed by atoms with Crippen molar-refractivity contribution in [1.82, 2.24) is 0 Å². The van der Waals surface area contributed by atoms with Crippen molar-refractivity contribution in [2.24, 2.45) is 0 Å². The van der Waals surface area contributed by atoms with Crippen molar-refractivity contribution in [2.75, 3.05) is 19.0 Å². The third-order valence-corrected chi connectivity index (χ3v) is 4.15. The summed E-state index contributed by atoms with van der Waals surface area (Å²) in [6.07, 6.45) is 5.47. The smallest absolute Gasteiger partial charge is 0.266 e. The van der Waals surface area contributed by atoms with Crippen LogP contribution in [-0.2, 0) is 11.2 Å². The van der Waals surface area contributed by atoms with Gasteiger partial charge in [-0.1, -0.05) is 36.9 Å². The molecule has 2 aromatic rings. The van der Waals surface area contributed by atoms with E-state index in [1.807, 2.05) is 37.3 Å². The van der Waals surface area contributed by atoms with E-state index in [1.165, 1.54) is 13.2 Å². The van der Waals surface area contributed by atoms with Crippen LogP contribution in [0.2, 0.25) is 0 Å². The molecule has 0 spiro atoms. The van der Waals surface area contributed by atoms with Gasteiger partial charge in [0.1, 0.15) is 18.2 Å². The quantitative estimate of drug-likeness (QED) is 0.379. The van der Waals surface area contributed by atoms with Crippen LogP contribution in [0, 0.1) is 18.3 Å². The van der Waals surface area contributed by atoms with Gasteiger partial charge in [0, 0.05) is 11.3 Å². The zero-order valence-electron chi connectivity index (χ0n) is 16.7. The van der Waals surface area contributed by atoms with Crippen LogP contribution in [0.3, 0.4) is 0 Å². The van der Waals surface area contributed by atoms with E-state index in [1.54, 1.807) is 24.3 Å². The Balaban J connectivity index is 2.41. The van der Waals surface area contributed by atoms with Crippen molar-refractivity contribution in [3.8, 4) is 17.6 Å². The highest BCUT2D eigenvalue weighted by Gasteiger charge is 2.15. The van der Waals surface area contributed by atoms with Crippen molar-refractivity contribution in [1.29, 1.82) is 5.26 Å². The normalized spacial score (nSPS) is 10.6. The second kappa shape index (κ2) is 10.5. The second-order valence-electron chi connectivity index (χ2n) is 6.24. The lowest BCUT2D eigenvalue weighted by atomic mass is 10.0. The molecule has 0 fully saturated rings. The maximum Gasteiger partial charge on any atom is 0.266 e. The van der Waals surface area contributed by atoms with Crippen molar-refractivity contribution >= 4 is 17.7 Å². The predicted molar refractivity (Wildman–Crippen MR) is 116 cm³/mol. The molecule has 0 heterocycles. The summed E-state index contributed by atoms with van der Waals surface area (Å²) in [6.45, 7) is 9.65. The molecular formula is C24H24N2O3. The molecule has 29 heavy (non-hydrogen) atoms. The highest BCUT2D eigenvalue weighted by molar-refractivity contribution is 6.10. The molecule has 0 aliphatic rings. The average molecular weight is 388 g/mol. The SMILES string of the molecule is C=CCOc1c(CC=C)cc(/C=C(\C#N)C(=O)Nc2ccccc2C)cc1OC. The van der Waals surface area contributed by atoms with Crippen molar-refractivity contribution < 1.29 is 14.3 Å². The number of benzene rings is 2. The van der Waals surface area contributed by atoms with Crippen LogP contribution >= 0.6 is 0 Å². The average Bonchev–Trinajstić information content (AvgIpc) is 2.72. The van der Waals surface area contributed by atoms with Gasteiger partial charge in [-0.05, 0) is 48.7 Å². The van der Waals surface area contributed by atoms with E-state index >= 15 is 0 Å².